The van der Waals surface area contributed by atoms with E-state index in [9.17, 15) is 5.11 Å². The van der Waals surface area contributed by atoms with Gasteiger partial charge in [0, 0.05) is 0 Å². The number of methoxy groups -OCH3 is 2. The molecule has 0 spiro atoms. The van der Waals surface area contributed by atoms with Crippen molar-refractivity contribution in [2.75, 3.05) is 14.2 Å². The Hall–Kier alpha value is -0.490. The van der Waals surface area contributed by atoms with Gasteiger partial charge in [-0.2, -0.15) is 0 Å². The first-order chi connectivity index (χ1) is 9.08. The monoisotopic (exact) mass is 365 g/mol. The van der Waals surface area contributed by atoms with E-state index in [2.05, 4.69) is 15.9 Å². The Balaban J connectivity index is 0.00000200. The van der Waals surface area contributed by atoms with Gasteiger partial charge in [-0.05, 0) is 52.4 Å². The number of ether oxygens (including phenoxy) is 2. The van der Waals surface area contributed by atoms with E-state index in [0.29, 0.717) is 17.4 Å². The summed E-state index contributed by atoms with van der Waals surface area (Å²) in [6.07, 6.45) is 2.78. The summed E-state index contributed by atoms with van der Waals surface area (Å²) in [5, 5.41) is 10.3. The highest BCUT2D eigenvalue weighted by Crippen LogP contribution is 2.40. The topological polar surface area (TPSA) is 64.7 Å². The first-order valence-electron chi connectivity index (χ1n) is 6.43. The van der Waals surface area contributed by atoms with E-state index in [1.807, 2.05) is 12.1 Å². The van der Waals surface area contributed by atoms with Crippen LogP contribution in [-0.4, -0.2) is 25.4 Å². The van der Waals surface area contributed by atoms with Crippen LogP contribution in [0.3, 0.4) is 0 Å². The van der Waals surface area contributed by atoms with Crippen LogP contribution in [0.4, 0.5) is 0 Å². The third-order valence-corrected chi connectivity index (χ3v) is 4.64. The Morgan fingerprint density at radius 1 is 1.25 bits per heavy atom. The average molecular weight is 367 g/mol. The Kier molecular flexibility index (Phi) is 6.58. The molecule has 0 heterocycles. The zero-order valence-corrected chi connectivity index (χ0v) is 14.0. The molecule has 0 bridgehead atoms. The van der Waals surface area contributed by atoms with Crippen molar-refractivity contribution in [2.45, 2.75) is 31.4 Å². The van der Waals surface area contributed by atoms with Crippen LogP contribution >= 0.6 is 28.3 Å². The van der Waals surface area contributed by atoms with Crippen molar-refractivity contribution in [1.29, 1.82) is 0 Å². The molecule has 1 saturated carbocycles. The zero-order valence-electron chi connectivity index (χ0n) is 11.6. The van der Waals surface area contributed by atoms with E-state index in [0.717, 1.165) is 22.9 Å². The van der Waals surface area contributed by atoms with Crippen LogP contribution in [-0.2, 0) is 0 Å². The minimum Gasteiger partial charge on any atom is -0.495 e. The number of aliphatic hydroxyl groups excluding tert-OH is 1. The number of rotatable bonds is 5. The van der Waals surface area contributed by atoms with Gasteiger partial charge in [-0.15, -0.1) is 12.4 Å². The van der Waals surface area contributed by atoms with Gasteiger partial charge in [-0.3, -0.25) is 0 Å². The van der Waals surface area contributed by atoms with Crippen LogP contribution in [0.1, 0.15) is 30.9 Å². The van der Waals surface area contributed by atoms with E-state index in [1.165, 1.54) is 6.42 Å². The molecule has 1 fully saturated rings. The number of aliphatic hydroxyl groups is 1. The van der Waals surface area contributed by atoms with Gasteiger partial charge in [0.15, 0.2) is 0 Å². The summed E-state index contributed by atoms with van der Waals surface area (Å²) < 4.78 is 11.3. The zero-order chi connectivity index (χ0) is 14.0. The lowest BCUT2D eigenvalue weighted by Crippen LogP contribution is -2.36. The van der Waals surface area contributed by atoms with Gasteiger partial charge in [0.1, 0.15) is 16.0 Å². The molecule has 114 valence electrons. The maximum atomic E-state index is 10.3. The lowest BCUT2D eigenvalue weighted by atomic mass is 9.77. The highest BCUT2D eigenvalue weighted by Gasteiger charge is 2.31. The second-order valence-electron chi connectivity index (χ2n) is 4.95. The second-order valence-corrected chi connectivity index (χ2v) is 5.74. The molecule has 0 amide bonds. The summed E-state index contributed by atoms with van der Waals surface area (Å²) in [7, 11) is 3.19. The predicted octanol–water partition coefficient (Wildman–Crippen LogP) is 3.05. The molecule has 3 N–H and O–H groups in total. The smallest absolute Gasteiger partial charge is 0.137 e. The normalized spacial score (nSPS) is 17.6. The molecule has 1 aliphatic carbocycles. The van der Waals surface area contributed by atoms with Gasteiger partial charge >= 0.3 is 0 Å². The molecule has 6 heteroatoms. The fourth-order valence-corrected chi connectivity index (χ4v) is 2.91. The molecule has 20 heavy (non-hydrogen) atoms. The minimum absolute atomic E-state index is 0. The Labute approximate surface area is 134 Å². The summed E-state index contributed by atoms with van der Waals surface area (Å²) in [5.41, 5.74) is 7.00. The summed E-state index contributed by atoms with van der Waals surface area (Å²) in [4.78, 5) is 0. The minimum atomic E-state index is -0.510. The number of hydrogen-bond donors (Lipinski definition) is 2. The van der Waals surface area contributed by atoms with Crippen molar-refractivity contribution in [1.82, 2.24) is 0 Å². The fraction of sp³-hybridized carbons (Fsp3) is 0.571. The molecule has 4 nitrogen and oxygen atoms in total. The first-order valence-corrected chi connectivity index (χ1v) is 7.22. The van der Waals surface area contributed by atoms with Crippen LogP contribution in [0.15, 0.2) is 16.6 Å². The highest BCUT2D eigenvalue weighted by atomic mass is 79.9. The number of halogens is 2. The Morgan fingerprint density at radius 2 is 1.75 bits per heavy atom. The molecule has 1 aromatic rings. The summed E-state index contributed by atoms with van der Waals surface area (Å²) in [6, 6.07) is 3.28. The molecular weight excluding hydrogens is 346 g/mol. The number of nitrogens with two attached hydrogens (primary N) is 1. The van der Waals surface area contributed by atoms with Crippen molar-refractivity contribution < 1.29 is 14.6 Å². The molecule has 0 radical (unpaired) electrons. The van der Waals surface area contributed by atoms with Gasteiger partial charge in [-0.25, -0.2) is 0 Å². The van der Waals surface area contributed by atoms with Crippen molar-refractivity contribution >= 4 is 28.3 Å². The third kappa shape index (κ3) is 3.39. The quantitative estimate of drug-likeness (QED) is 0.840. The summed E-state index contributed by atoms with van der Waals surface area (Å²) >= 11 is 3.42. The van der Waals surface area contributed by atoms with Gasteiger partial charge in [0.25, 0.3) is 0 Å². The summed E-state index contributed by atoms with van der Waals surface area (Å²) in [5.74, 6) is 1.63. The molecule has 0 aliphatic heterocycles. The predicted molar refractivity (Wildman–Crippen MR) is 84.8 cm³/mol. The Morgan fingerprint density at radius 3 is 2.10 bits per heavy atom. The van der Waals surface area contributed by atoms with Crippen LogP contribution in [0.2, 0.25) is 0 Å². The van der Waals surface area contributed by atoms with Crippen LogP contribution in [0, 0.1) is 5.92 Å². The van der Waals surface area contributed by atoms with E-state index in [-0.39, 0.29) is 12.4 Å². The number of hydrogen-bond acceptors (Lipinski definition) is 4. The highest BCUT2D eigenvalue weighted by molar-refractivity contribution is 9.10. The third-order valence-electron chi connectivity index (χ3n) is 3.85. The van der Waals surface area contributed by atoms with Crippen LogP contribution in [0.5, 0.6) is 11.5 Å². The van der Waals surface area contributed by atoms with E-state index in [4.69, 9.17) is 15.2 Å². The van der Waals surface area contributed by atoms with E-state index >= 15 is 0 Å². The summed E-state index contributed by atoms with van der Waals surface area (Å²) in [6.45, 7) is 0. The van der Waals surface area contributed by atoms with Crippen molar-refractivity contribution in [3.8, 4) is 11.5 Å². The van der Waals surface area contributed by atoms with Crippen LogP contribution in [0.25, 0.3) is 0 Å². The van der Waals surface area contributed by atoms with Gasteiger partial charge in [0.05, 0.1) is 26.4 Å². The second kappa shape index (κ2) is 7.50. The molecule has 1 aliphatic rings. The van der Waals surface area contributed by atoms with Crippen molar-refractivity contribution in [2.24, 2.45) is 11.7 Å². The first kappa shape index (κ1) is 17.6. The fourth-order valence-electron chi connectivity index (χ4n) is 2.35. The van der Waals surface area contributed by atoms with Crippen molar-refractivity contribution in [3.05, 3.63) is 22.2 Å². The average Bonchev–Trinajstić information content (AvgIpc) is 2.36. The molecule has 0 aromatic heterocycles. The molecule has 2 atom stereocenters. The molecule has 2 rings (SSSR count). The van der Waals surface area contributed by atoms with Gasteiger partial charge in [0.2, 0.25) is 0 Å². The van der Waals surface area contributed by atoms with Gasteiger partial charge < -0.3 is 20.3 Å². The lowest BCUT2D eigenvalue weighted by Gasteiger charge is -2.34. The SMILES string of the molecule is COc1cc([C@@H](N)[C@@H](O)C2CCC2)cc(OC)c1Br.Cl. The molecular formula is C14H21BrClNO3. The largest absolute Gasteiger partial charge is 0.495 e. The number of benzene rings is 1. The van der Waals surface area contributed by atoms with Gasteiger partial charge in [-0.1, -0.05) is 6.42 Å². The maximum absolute atomic E-state index is 10.3. The molecule has 1 aromatic carbocycles. The van der Waals surface area contributed by atoms with E-state index < -0.39 is 12.1 Å². The van der Waals surface area contributed by atoms with Crippen LogP contribution < -0.4 is 15.2 Å². The maximum Gasteiger partial charge on any atom is 0.137 e. The lowest BCUT2D eigenvalue weighted by molar-refractivity contribution is 0.0413. The molecule has 0 saturated heterocycles. The van der Waals surface area contributed by atoms with E-state index in [1.54, 1.807) is 14.2 Å². The van der Waals surface area contributed by atoms with Crippen molar-refractivity contribution in [3.63, 3.8) is 0 Å². The standard InChI is InChI=1S/C14H20BrNO3.ClH/c1-18-10-6-9(7-11(19-2)12(10)15)13(16)14(17)8-4-3-5-8;/h6-8,13-14,17H,3-5,16H2,1-2H3;1H/t13-,14+;/m1./s1. The molecule has 0 unspecified atom stereocenters. The Bertz CT molecular complexity index is 429.